The van der Waals surface area contributed by atoms with Gasteiger partial charge in [-0.15, -0.1) is 0 Å². The van der Waals surface area contributed by atoms with Crippen LogP contribution in [0.25, 0.3) is 10.8 Å². The predicted octanol–water partition coefficient (Wildman–Crippen LogP) is 3.86. The molecule has 0 atom stereocenters. The van der Waals surface area contributed by atoms with Crippen molar-refractivity contribution in [2.45, 2.75) is 9.79 Å². The first-order valence-electron chi connectivity index (χ1n) is 19.1. The number of rotatable bonds is 14. The first-order chi connectivity index (χ1) is 31.0. The number of amides is 6. The van der Waals surface area contributed by atoms with Gasteiger partial charge in [0.05, 0.1) is 33.3 Å². The molecular formula is C41H39N11O12S2. The summed E-state index contributed by atoms with van der Waals surface area (Å²) < 4.78 is 74.2. The molecule has 25 heteroatoms. The van der Waals surface area contributed by atoms with Gasteiger partial charge in [-0.05, 0) is 54.6 Å². The van der Waals surface area contributed by atoms with Crippen LogP contribution in [0.1, 0.15) is 52.4 Å². The summed E-state index contributed by atoms with van der Waals surface area (Å²) in [7, 11) is -1.65. The Labute approximate surface area is 374 Å². The van der Waals surface area contributed by atoms with Crippen LogP contribution in [0.15, 0.2) is 101 Å². The number of hydrogen-bond donors (Lipinski definition) is 8. The largest absolute Gasteiger partial charge is 0.344 e. The van der Waals surface area contributed by atoms with Crippen LogP contribution in [0, 0.1) is 0 Å². The van der Waals surface area contributed by atoms with Crippen LogP contribution >= 0.6 is 0 Å². The van der Waals surface area contributed by atoms with Crippen molar-refractivity contribution >= 4 is 101 Å². The van der Waals surface area contributed by atoms with Gasteiger partial charge in [-0.25, -0.2) is 0 Å². The van der Waals surface area contributed by atoms with E-state index in [1.165, 1.54) is 84.9 Å². The van der Waals surface area contributed by atoms with Crippen LogP contribution in [0.5, 0.6) is 0 Å². The van der Waals surface area contributed by atoms with E-state index in [0.29, 0.717) is 23.5 Å². The van der Waals surface area contributed by atoms with Crippen LogP contribution in [-0.4, -0.2) is 84.7 Å². The molecule has 0 saturated heterocycles. The Morgan fingerprint density at radius 1 is 0.455 bits per heavy atom. The van der Waals surface area contributed by atoms with Crippen molar-refractivity contribution in [2.75, 3.05) is 31.9 Å². The number of nitrogens with zero attached hydrogens (tertiary/aromatic N) is 5. The van der Waals surface area contributed by atoms with Crippen molar-refractivity contribution in [1.82, 2.24) is 22.8 Å². The van der Waals surface area contributed by atoms with Gasteiger partial charge in [-0.3, -0.25) is 37.9 Å². The lowest BCUT2D eigenvalue weighted by atomic mass is 10.1. The fourth-order valence-corrected chi connectivity index (χ4v) is 8.33. The summed E-state index contributed by atoms with van der Waals surface area (Å²) in [6.45, 7) is 0. The van der Waals surface area contributed by atoms with Gasteiger partial charge in [-0.2, -0.15) is 16.8 Å². The fraction of sp³-hybridized carbons (Fsp3) is 0.122. The normalized spacial score (nSPS) is 11.6. The summed E-state index contributed by atoms with van der Waals surface area (Å²) in [5.74, 6) is -2.89. The molecule has 0 aliphatic heterocycles. The van der Waals surface area contributed by atoms with Crippen LogP contribution in [0.3, 0.4) is 0 Å². The van der Waals surface area contributed by atoms with Gasteiger partial charge < -0.3 is 54.7 Å². The Bertz CT molecular complexity index is 3410. The van der Waals surface area contributed by atoms with E-state index >= 15 is 0 Å². The molecule has 23 nitrogen and oxygen atoms in total. The number of aryl methyl sites for hydroxylation is 5. The molecule has 7 rings (SSSR count). The third kappa shape index (κ3) is 9.48. The molecule has 8 N–H and O–H groups in total. The number of benzene rings is 2. The zero-order valence-corrected chi connectivity index (χ0v) is 36.9. The van der Waals surface area contributed by atoms with E-state index in [0.717, 1.165) is 24.3 Å². The fourth-order valence-electron chi connectivity index (χ4n) is 7.13. The van der Waals surface area contributed by atoms with Crippen molar-refractivity contribution in [1.29, 1.82) is 0 Å². The highest BCUT2D eigenvalue weighted by Gasteiger charge is 2.23. The highest BCUT2D eigenvalue weighted by atomic mass is 32.2. The Hall–Kier alpha value is -8.26. The molecule has 0 unspecified atom stereocenters. The molecule has 0 saturated carbocycles. The van der Waals surface area contributed by atoms with Gasteiger partial charge in [0.15, 0.2) is 0 Å². The second-order valence-corrected chi connectivity index (χ2v) is 17.7. The lowest BCUT2D eigenvalue weighted by Gasteiger charge is -2.12. The van der Waals surface area contributed by atoms with E-state index in [2.05, 4.69) is 31.9 Å². The van der Waals surface area contributed by atoms with Crippen LogP contribution in [0.4, 0.5) is 34.1 Å². The number of hydrogen-bond acceptors (Lipinski definition) is 10. The average Bonchev–Trinajstić information content (AvgIpc) is 4.05. The van der Waals surface area contributed by atoms with Gasteiger partial charge in [0.1, 0.15) is 33.4 Å². The molecule has 5 heterocycles. The molecule has 5 aromatic heterocycles. The van der Waals surface area contributed by atoms with Gasteiger partial charge in [0.2, 0.25) is 6.41 Å². The third-order valence-electron chi connectivity index (χ3n) is 10.2. The van der Waals surface area contributed by atoms with E-state index in [9.17, 15) is 54.7 Å². The van der Waals surface area contributed by atoms with Gasteiger partial charge in [0, 0.05) is 82.7 Å². The molecule has 0 aliphatic rings. The molecule has 0 spiro atoms. The minimum atomic E-state index is -4.86. The van der Waals surface area contributed by atoms with Gasteiger partial charge >= 0.3 is 0 Å². The zero-order valence-electron chi connectivity index (χ0n) is 35.3. The summed E-state index contributed by atoms with van der Waals surface area (Å²) in [4.78, 5) is 75.9. The second-order valence-electron chi connectivity index (χ2n) is 14.9. The molecule has 342 valence electrons. The minimum Gasteiger partial charge on any atom is -0.344 e. The van der Waals surface area contributed by atoms with E-state index in [-0.39, 0.29) is 56.3 Å². The van der Waals surface area contributed by atoms with Crippen molar-refractivity contribution < 1.29 is 54.7 Å². The van der Waals surface area contributed by atoms with E-state index in [1.54, 1.807) is 40.6 Å². The smallest absolute Gasteiger partial charge is 0.295 e. The highest BCUT2D eigenvalue weighted by Crippen LogP contribution is 2.32. The minimum absolute atomic E-state index is 0.0253. The Morgan fingerprint density at radius 3 is 1.15 bits per heavy atom. The van der Waals surface area contributed by atoms with E-state index < -0.39 is 59.6 Å². The molecule has 0 radical (unpaired) electrons. The maximum absolute atomic E-state index is 13.4. The molecule has 0 aliphatic carbocycles. The summed E-state index contributed by atoms with van der Waals surface area (Å²) in [6.07, 6.45) is 8.10. The third-order valence-corrected chi connectivity index (χ3v) is 12.0. The summed E-state index contributed by atoms with van der Waals surface area (Å²) in [5.41, 5.74) is 2.34. The molecule has 7 aromatic rings. The van der Waals surface area contributed by atoms with Gasteiger partial charge in [-0.1, -0.05) is 6.07 Å². The van der Waals surface area contributed by atoms with E-state index in [1.807, 2.05) is 0 Å². The number of nitrogens with one attached hydrogen (secondary N) is 6. The lowest BCUT2D eigenvalue weighted by molar-refractivity contribution is -0.105. The molecule has 0 fully saturated rings. The number of carbonyl (C=O) groups excluding carboxylic acids is 6. The summed E-state index contributed by atoms with van der Waals surface area (Å²) in [5, 5.41) is 15.7. The average molecular weight is 942 g/mol. The molecule has 6 amide bonds. The summed E-state index contributed by atoms with van der Waals surface area (Å²) in [6, 6.07) is 12.4. The first kappa shape index (κ1) is 45.8. The van der Waals surface area contributed by atoms with E-state index in [4.69, 9.17) is 0 Å². The zero-order chi connectivity index (χ0) is 48.0. The standard InChI is InChI=1S/C41H39N11O12S2/c1-48-16-22(42-21-53)10-31(48)37(54)43-23-11-32(49(2)17-23)38(55)44-24-12-33(50(3)18-24)39(56)45-25-13-34(51(4)19-25)40(57)46-26-14-35(52(5)20-26)41(58)47-30-8-9-36(66(62,63)64)29-15-27(65(59,60)61)6-7-28(29)30/h6-21H,1-5H3,(H,42,53)(H,43,54)(H,44,55)(H,45,56)(H,46,57)(H,47,58)(H,59,60,61)(H,62,63,64). The second kappa shape index (κ2) is 17.4. The molecule has 66 heavy (non-hydrogen) atoms. The van der Waals surface area contributed by atoms with Crippen LogP contribution in [0.2, 0.25) is 0 Å². The van der Waals surface area contributed by atoms with Gasteiger partial charge in [0.25, 0.3) is 49.8 Å². The SMILES string of the molecule is Cn1cc(NC=O)cc1C(=O)Nc1cc(C(=O)Nc2cc(C(=O)Nc3cc(C(=O)Nc4cc(C(=O)Nc5ccc(S(=O)(=O)O)c6cc(S(=O)(=O)O)ccc56)n(C)c4)n(C)c3)n(C)c2)n(C)c1. The van der Waals surface area contributed by atoms with Crippen molar-refractivity contribution in [3.63, 3.8) is 0 Å². The quantitative estimate of drug-likeness (QED) is 0.0570. The topological polar surface area (TPSA) is 308 Å². The van der Waals surface area contributed by atoms with Crippen molar-refractivity contribution in [3.05, 3.63) is 120 Å². The van der Waals surface area contributed by atoms with Crippen LogP contribution in [-0.2, 0) is 60.3 Å². The number of anilines is 6. The van der Waals surface area contributed by atoms with Crippen molar-refractivity contribution in [3.8, 4) is 0 Å². The van der Waals surface area contributed by atoms with Crippen LogP contribution < -0.4 is 31.9 Å². The number of fused-ring (bicyclic) bond motifs is 1. The number of carbonyl (C=O) groups is 6. The number of aromatic nitrogens is 5. The van der Waals surface area contributed by atoms with Crippen molar-refractivity contribution in [2.24, 2.45) is 35.2 Å². The molecule has 0 bridgehead atoms. The summed E-state index contributed by atoms with van der Waals surface area (Å²) >= 11 is 0. The Morgan fingerprint density at radius 2 is 0.803 bits per heavy atom. The monoisotopic (exact) mass is 941 g/mol. The Kier molecular flexibility index (Phi) is 12.0. The highest BCUT2D eigenvalue weighted by molar-refractivity contribution is 7.86. The maximum Gasteiger partial charge on any atom is 0.295 e. The predicted molar refractivity (Wildman–Crippen MR) is 240 cm³/mol. The Balaban J connectivity index is 0.985. The lowest BCUT2D eigenvalue weighted by Crippen LogP contribution is -2.16. The first-order valence-corrected chi connectivity index (χ1v) is 22.0. The molecular weight excluding hydrogens is 903 g/mol. The maximum atomic E-state index is 13.4. The molecule has 2 aromatic carbocycles.